The first-order valence-corrected chi connectivity index (χ1v) is 4.32. The summed E-state index contributed by atoms with van der Waals surface area (Å²) in [5, 5.41) is 0. The highest BCUT2D eigenvalue weighted by atomic mass is 19.2. The van der Waals surface area contributed by atoms with Crippen LogP contribution in [0.15, 0.2) is 6.07 Å². The van der Waals surface area contributed by atoms with E-state index in [1.54, 1.807) is 0 Å². The van der Waals surface area contributed by atoms with Crippen molar-refractivity contribution in [2.75, 3.05) is 13.2 Å². The fraction of sp³-hybridized carbons (Fsp3) is 0.333. The summed E-state index contributed by atoms with van der Waals surface area (Å²) >= 11 is 0. The molecule has 2 N–H and O–H groups in total. The molecule has 1 aliphatic heterocycles. The lowest BCUT2D eigenvalue weighted by Crippen LogP contribution is -2.18. The van der Waals surface area contributed by atoms with Gasteiger partial charge in [0.1, 0.15) is 13.2 Å². The van der Waals surface area contributed by atoms with Gasteiger partial charge < -0.3 is 9.47 Å². The molecule has 0 fully saturated rings. The van der Waals surface area contributed by atoms with Gasteiger partial charge in [-0.1, -0.05) is 0 Å². The Morgan fingerprint density at radius 1 is 1.33 bits per heavy atom. The maximum atomic E-state index is 13.3. The number of hydrogen-bond acceptors (Lipinski definition) is 4. The number of halogens is 2. The molecule has 0 radical (unpaired) electrons. The predicted molar refractivity (Wildman–Crippen MR) is 46.3 cm³/mol. The molecule has 2 rings (SSSR count). The van der Waals surface area contributed by atoms with Crippen LogP contribution < -0.4 is 15.4 Å². The molecule has 0 saturated heterocycles. The van der Waals surface area contributed by atoms with Gasteiger partial charge in [-0.15, -0.1) is 0 Å². The van der Waals surface area contributed by atoms with Crippen molar-refractivity contribution < 1.29 is 23.1 Å². The van der Waals surface area contributed by atoms with E-state index in [0.29, 0.717) is 6.61 Å². The Morgan fingerprint density at radius 3 is 2.80 bits per heavy atom. The van der Waals surface area contributed by atoms with Crippen molar-refractivity contribution >= 4 is 0 Å². The molecule has 0 bridgehead atoms. The molecule has 1 aromatic carbocycles. The molecule has 0 unspecified atom stereocenters. The molecule has 0 aromatic heterocycles. The molecule has 82 valence electrons. The van der Waals surface area contributed by atoms with Crippen molar-refractivity contribution in [3.8, 4) is 11.5 Å². The zero-order valence-corrected chi connectivity index (χ0v) is 7.76. The minimum atomic E-state index is -1.02. The summed E-state index contributed by atoms with van der Waals surface area (Å²) in [7, 11) is 0. The van der Waals surface area contributed by atoms with Crippen LogP contribution in [0.4, 0.5) is 8.78 Å². The van der Waals surface area contributed by atoms with E-state index in [0.717, 1.165) is 6.07 Å². The van der Waals surface area contributed by atoms with Gasteiger partial charge in [0.2, 0.25) is 0 Å². The molecule has 0 amide bonds. The van der Waals surface area contributed by atoms with E-state index in [1.807, 2.05) is 0 Å². The second-order valence-electron chi connectivity index (χ2n) is 2.99. The molecule has 15 heavy (non-hydrogen) atoms. The van der Waals surface area contributed by atoms with Crippen LogP contribution in [-0.2, 0) is 11.4 Å². The maximum Gasteiger partial charge on any atom is 0.170 e. The van der Waals surface area contributed by atoms with Gasteiger partial charge in [-0.05, 0) is 0 Å². The summed E-state index contributed by atoms with van der Waals surface area (Å²) < 4.78 is 36.7. The number of benzene rings is 1. The molecule has 1 aliphatic rings. The average molecular weight is 217 g/mol. The SMILES string of the molecule is NOCc1c(F)c(F)cc2c1OCCO2. The van der Waals surface area contributed by atoms with Crippen LogP contribution >= 0.6 is 0 Å². The van der Waals surface area contributed by atoms with E-state index in [2.05, 4.69) is 4.84 Å². The fourth-order valence-electron chi connectivity index (χ4n) is 1.41. The minimum Gasteiger partial charge on any atom is -0.486 e. The third-order valence-electron chi connectivity index (χ3n) is 2.05. The molecule has 0 spiro atoms. The molecule has 6 heteroatoms. The topological polar surface area (TPSA) is 53.7 Å². The first-order chi connectivity index (χ1) is 7.24. The Morgan fingerprint density at radius 2 is 2.07 bits per heavy atom. The fourth-order valence-corrected chi connectivity index (χ4v) is 1.41. The Kier molecular flexibility index (Phi) is 2.70. The summed E-state index contributed by atoms with van der Waals surface area (Å²) in [4.78, 5) is 4.29. The summed E-state index contributed by atoms with van der Waals surface area (Å²) in [5.74, 6) is 3.13. The normalized spacial score (nSPS) is 14.1. The predicted octanol–water partition coefficient (Wildman–Crippen LogP) is 1.13. The second kappa shape index (κ2) is 4.00. The van der Waals surface area contributed by atoms with Crippen molar-refractivity contribution in [1.82, 2.24) is 0 Å². The van der Waals surface area contributed by atoms with Gasteiger partial charge in [-0.3, -0.25) is 4.84 Å². The largest absolute Gasteiger partial charge is 0.486 e. The second-order valence-corrected chi connectivity index (χ2v) is 2.99. The van der Waals surface area contributed by atoms with E-state index in [1.165, 1.54) is 0 Å². The number of nitrogens with two attached hydrogens (primary N) is 1. The summed E-state index contributed by atoms with van der Waals surface area (Å²) in [6.07, 6.45) is 0. The smallest absolute Gasteiger partial charge is 0.170 e. The summed E-state index contributed by atoms with van der Waals surface area (Å²) in [6.45, 7) is 0.325. The summed E-state index contributed by atoms with van der Waals surface area (Å²) in [5.41, 5.74) is -0.0628. The highest BCUT2D eigenvalue weighted by molar-refractivity contribution is 5.48. The quantitative estimate of drug-likeness (QED) is 0.754. The molecule has 0 aliphatic carbocycles. The van der Waals surface area contributed by atoms with Gasteiger partial charge >= 0.3 is 0 Å². The Hall–Kier alpha value is -1.40. The minimum absolute atomic E-state index is 0.0628. The molecule has 0 atom stereocenters. The number of fused-ring (bicyclic) bond motifs is 1. The van der Waals surface area contributed by atoms with Gasteiger partial charge in [-0.2, -0.15) is 0 Å². The van der Waals surface area contributed by atoms with Gasteiger partial charge in [0.15, 0.2) is 23.1 Å². The number of rotatable bonds is 2. The van der Waals surface area contributed by atoms with E-state index in [-0.39, 0.29) is 30.3 Å². The summed E-state index contributed by atoms with van der Waals surface area (Å²) in [6, 6.07) is 0.948. The Labute approximate surface area is 84.5 Å². The third-order valence-corrected chi connectivity index (χ3v) is 2.05. The van der Waals surface area contributed by atoms with Crippen LogP contribution in [0.5, 0.6) is 11.5 Å². The highest BCUT2D eigenvalue weighted by Crippen LogP contribution is 2.37. The van der Waals surface area contributed by atoms with Crippen LogP contribution in [0.1, 0.15) is 5.56 Å². The Bertz CT molecular complexity index is 384. The van der Waals surface area contributed by atoms with Crippen LogP contribution in [0, 0.1) is 11.6 Å². The zero-order valence-electron chi connectivity index (χ0n) is 7.76. The van der Waals surface area contributed by atoms with Gasteiger partial charge in [-0.25, -0.2) is 14.7 Å². The molecule has 1 aromatic rings. The van der Waals surface area contributed by atoms with Gasteiger partial charge in [0.05, 0.1) is 12.2 Å². The lowest BCUT2D eigenvalue weighted by atomic mass is 10.1. The first-order valence-electron chi connectivity index (χ1n) is 4.32. The number of ether oxygens (including phenoxy) is 2. The van der Waals surface area contributed by atoms with Gasteiger partial charge in [0.25, 0.3) is 0 Å². The lowest BCUT2D eigenvalue weighted by Gasteiger charge is -2.21. The van der Waals surface area contributed by atoms with Gasteiger partial charge in [0, 0.05) is 6.07 Å². The molecule has 4 nitrogen and oxygen atoms in total. The Balaban J connectivity index is 2.52. The van der Waals surface area contributed by atoms with Crippen molar-refractivity contribution in [3.05, 3.63) is 23.3 Å². The van der Waals surface area contributed by atoms with E-state index in [9.17, 15) is 8.78 Å². The highest BCUT2D eigenvalue weighted by Gasteiger charge is 2.23. The average Bonchev–Trinajstić information content (AvgIpc) is 2.25. The zero-order chi connectivity index (χ0) is 10.8. The maximum absolute atomic E-state index is 13.3. The van der Waals surface area contributed by atoms with Crippen LogP contribution in [0.2, 0.25) is 0 Å². The van der Waals surface area contributed by atoms with Crippen molar-refractivity contribution in [1.29, 1.82) is 0 Å². The monoisotopic (exact) mass is 217 g/mol. The lowest BCUT2D eigenvalue weighted by molar-refractivity contribution is 0.111. The van der Waals surface area contributed by atoms with E-state index < -0.39 is 11.6 Å². The van der Waals surface area contributed by atoms with Crippen LogP contribution in [0.3, 0.4) is 0 Å². The van der Waals surface area contributed by atoms with Crippen LogP contribution in [-0.4, -0.2) is 13.2 Å². The van der Waals surface area contributed by atoms with Crippen molar-refractivity contribution in [2.24, 2.45) is 5.90 Å². The molecular formula is C9H9F2NO3. The first kappa shape index (κ1) is 10.1. The van der Waals surface area contributed by atoms with Crippen molar-refractivity contribution in [2.45, 2.75) is 6.61 Å². The molecule has 1 heterocycles. The standard InChI is InChI=1S/C9H9F2NO3/c10-6-3-7-9(14-2-1-13-7)5(4-15-12)8(6)11/h3H,1-2,4,12H2. The third kappa shape index (κ3) is 1.73. The van der Waals surface area contributed by atoms with Crippen LogP contribution in [0.25, 0.3) is 0 Å². The number of hydrogen-bond donors (Lipinski definition) is 1. The van der Waals surface area contributed by atoms with E-state index in [4.69, 9.17) is 15.4 Å². The van der Waals surface area contributed by atoms with Crippen molar-refractivity contribution in [3.63, 3.8) is 0 Å². The molecule has 0 saturated carbocycles. The molecular weight excluding hydrogens is 208 g/mol. The van der Waals surface area contributed by atoms with E-state index >= 15 is 0 Å².